The Hall–Kier alpha value is -4.20. The molecule has 0 bridgehead atoms. The van der Waals surface area contributed by atoms with Crippen LogP contribution in [0.3, 0.4) is 0 Å². The molecule has 0 atom stereocenters. The summed E-state index contributed by atoms with van der Waals surface area (Å²) in [6, 6.07) is 20.9. The van der Waals surface area contributed by atoms with Crippen LogP contribution in [0.25, 0.3) is 11.1 Å². The average molecular weight is 405 g/mol. The third kappa shape index (κ3) is 4.99. The van der Waals surface area contributed by atoms with Crippen LogP contribution in [0.5, 0.6) is 5.75 Å². The number of carbonyl (C=O) groups is 2. The first-order valence-electron chi connectivity index (χ1n) is 9.07. The summed E-state index contributed by atoms with van der Waals surface area (Å²) in [5, 5.41) is 10.9. The van der Waals surface area contributed by atoms with Crippen molar-refractivity contribution in [3.63, 3.8) is 0 Å². The maximum atomic E-state index is 12.2. The van der Waals surface area contributed by atoms with Crippen LogP contribution >= 0.6 is 0 Å². The van der Waals surface area contributed by atoms with Crippen LogP contribution < -0.4 is 15.6 Å². The Bertz CT molecular complexity index is 1080. The normalized spacial score (nSPS) is 10.2. The highest BCUT2D eigenvalue weighted by molar-refractivity contribution is 5.96. The molecule has 0 saturated carbocycles. The third-order valence-electron chi connectivity index (χ3n) is 4.30. The van der Waals surface area contributed by atoms with Gasteiger partial charge in [-0.1, -0.05) is 48.5 Å². The minimum Gasteiger partial charge on any atom is -0.483 e. The van der Waals surface area contributed by atoms with Crippen LogP contribution in [-0.2, 0) is 4.79 Å². The second-order valence-electron chi connectivity index (χ2n) is 6.41. The lowest BCUT2D eigenvalue weighted by Gasteiger charge is -2.12. The molecule has 2 amide bonds. The third-order valence-corrected chi connectivity index (χ3v) is 4.30. The SMILES string of the molecule is Cc1cc(C(=O)NNC(=O)COc2ccccc2-c2ccccc2)ccc1[N+](=O)[O-]. The Labute approximate surface area is 172 Å². The molecule has 0 aromatic heterocycles. The summed E-state index contributed by atoms with van der Waals surface area (Å²) < 4.78 is 5.61. The highest BCUT2D eigenvalue weighted by Gasteiger charge is 2.14. The van der Waals surface area contributed by atoms with E-state index >= 15 is 0 Å². The molecule has 30 heavy (non-hydrogen) atoms. The zero-order valence-electron chi connectivity index (χ0n) is 16.1. The predicted octanol–water partition coefficient (Wildman–Crippen LogP) is 3.41. The maximum Gasteiger partial charge on any atom is 0.276 e. The second kappa shape index (κ2) is 9.33. The summed E-state index contributed by atoms with van der Waals surface area (Å²) in [4.78, 5) is 34.6. The molecule has 8 heteroatoms. The summed E-state index contributed by atoms with van der Waals surface area (Å²) in [5.41, 5.74) is 6.79. The van der Waals surface area contributed by atoms with Crippen LogP contribution in [0, 0.1) is 17.0 Å². The highest BCUT2D eigenvalue weighted by atomic mass is 16.6. The van der Waals surface area contributed by atoms with E-state index in [1.165, 1.54) is 25.1 Å². The van der Waals surface area contributed by atoms with Gasteiger partial charge in [-0.25, -0.2) is 0 Å². The van der Waals surface area contributed by atoms with Gasteiger partial charge < -0.3 is 4.74 Å². The van der Waals surface area contributed by atoms with Gasteiger partial charge in [-0.15, -0.1) is 0 Å². The Morgan fingerprint density at radius 2 is 1.67 bits per heavy atom. The van der Waals surface area contributed by atoms with Crippen LogP contribution in [0.1, 0.15) is 15.9 Å². The Kier molecular flexibility index (Phi) is 6.39. The monoisotopic (exact) mass is 405 g/mol. The number of nitrogens with zero attached hydrogens (tertiary/aromatic N) is 1. The first-order chi connectivity index (χ1) is 14.5. The lowest BCUT2D eigenvalue weighted by molar-refractivity contribution is -0.385. The van der Waals surface area contributed by atoms with E-state index in [9.17, 15) is 19.7 Å². The molecule has 3 aromatic carbocycles. The first kappa shape index (κ1) is 20.5. The minimum atomic E-state index is -0.592. The number of ether oxygens (including phenoxy) is 1. The number of hydrazine groups is 1. The van der Waals surface area contributed by atoms with E-state index in [0.29, 0.717) is 11.3 Å². The van der Waals surface area contributed by atoms with E-state index in [2.05, 4.69) is 10.9 Å². The van der Waals surface area contributed by atoms with Gasteiger partial charge in [0.1, 0.15) is 5.75 Å². The number of nitrogens with one attached hydrogen (secondary N) is 2. The van der Waals surface area contributed by atoms with Crippen LogP contribution in [-0.4, -0.2) is 23.3 Å². The number of amides is 2. The van der Waals surface area contributed by atoms with Crippen molar-refractivity contribution in [1.29, 1.82) is 0 Å². The Morgan fingerprint density at radius 1 is 0.967 bits per heavy atom. The summed E-state index contributed by atoms with van der Waals surface area (Å²) in [7, 11) is 0. The Morgan fingerprint density at radius 3 is 2.37 bits per heavy atom. The maximum absolute atomic E-state index is 12.2. The fraction of sp³-hybridized carbons (Fsp3) is 0.0909. The van der Waals surface area contributed by atoms with E-state index in [4.69, 9.17) is 4.74 Å². The molecule has 0 unspecified atom stereocenters. The molecule has 0 spiro atoms. The number of hydrogen-bond acceptors (Lipinski definition) is 5. The van der Waals surface area contributed by atoms with Crippen molar-refractivity contribution in [3.05, 3.63) is 94.0 Å². The molecule has 0 fully saturated rings. The molecule has 0 aliphatic carbocycles. The molecule has 0 aliphatic heterocycles. The van der Waals surface area contributed by atoms with Gasteiger partial charge in [0.25, 0.3) is 17.5 Å². The quantitative estimate of drug-likeness (QED) is 0.482. The molecule has 0 radical (unpaired) electrons. The van der Waals surface area contributed by atoms with E-state index in [-0.39, 0.29) is 17.9 Å². The lowest BCUT2D eigenvalue weighted by Crippen LogP contribution is -2.43. The van der Waals surface area contributed by atoms with Crippen LogP contribution in [0.15, 0.2) is 72.8 Å². The van der Waals surface area contributed by atoms with Crippen molar-refractivity contribution in [1.82, 2.24) is 10.9 Å². The van der Waals surface area contributed by atoms with Gasteiger partial charge >= 0.3 is 0 Å². The molecule has 0 saturated heterocycles. The van der Waals surface area contributed by atoms with Crippen molar-refractivity contribution in [2.75, 3.05) is 6.61 Å². The van der Waals surface area contributed by atoms with Crippen LogP contribution in [0.4, 0.5) is 5.69 Å². The molecule has 3 aromatic rings. The van der Waals surface area contributed by atoms with Crippen molar-refractivity contribution < 1.29 is 19.2 Å². The fourth-order valence-electron chi connectivity index (χ4n) is 2.83. The van der Waals surface area contributed by atoms with E-state index in [0.717, 1.165) is 11.1 Å². The fourth-order valence-corrected chi connectivity index (χ4v) is 2.83. The second-order valence-corrected chi connectivity index (χ2v) is 6.41. The summed E-state index contributed by atoms with van der Waals surface area (Å²) in [5.74, 6) is -0.605. The molecule has 152 valence electrons. The molecular formula is C22H19N3O5. The highest BCUT2D eigenvalue weighted by Crippen LogP contribution is 2.29. The number of benzene rings is 3. The Balaban J connectivity index is 1.57. The molecule has 0 aliphatic rings. The smallest absolute Gasteiger partial charge is 0.276 e. The van der Waals surface area contributed by atoms with Gasteiger partial charge in [0, 0.05) is 22.8 Å². The number of carbonyl (C=O) groups excluding carboxylic acids is 2. The zero-order valence-corrected chi connectivity index (χ0v) is 16.1. The predicted molar refractivity (Wildman–Crippen MR) is 111 cm³/mol. The van der Waals surface area contributed by atoms with Gasteiger partial charge in [-0.05, 0) is 30.7 Å². The topological polar surface area (TPSA) is 111 Å². The number of rotatable bonds is 6. The van der Waals surface area contributed by atoms with Gasteiger partial charge in [0.2, 0.25) is 0 Å². The standard InChI is InChI=1S/C22H19N3O5/c1-15-13-17(11-12-19(15)25(28)29)22(27)24-23-21(26)14-30-20-10-6-5-9-18(20)16-7-3-2-4-8-16/h2-13H,14H2,1H3,(H,23,26)(H,24,27). The van der Waals surface area contributed by atoms with Gasteiger partial charge in [0.15, 0.2) is 6.61 Å². The van der Waals surface area contributed by atoms with Gasteiger partial charge in [0.05, 0.1) is 4.92 Å². The van der Waals surface area contributed by atoms with E-state index in [1.54, 1.807) is 12.1 Å². The number of nitro groups is 1. The molecule has 2 N–H and O–H groups in total. The first-order valence-corrected chi connectivity index (χ1v) is 9.07. The minimum absolute atomic E-state index is 0.0823. The number of aryl methyl sites for hydroxylation is 1. The van der Waals surface area contributed by atoms with Gasteiger partial charge in [-0.3, -0.25) is 30.6 Å². The zero-order chi connectivity index (χ0) is 21.5. The van der Waals surface area contributed by atoms with E-state index < -0.39 is 16.7 Å². The largest absolute Gasteiger partial charge is 0.483 e. The number of hydrogen-bond donors (Lipinski definition) is 2. The molecule has 8 nitrogen and oxygen atoms in total. The van der Waals surface area contributed by atoms with Gasteiger partial charge in [-0.2, -0.15) is 0 Å². The summed E-state index contributed by atoms with van der Waals surface area (Å²) in [6.45, 7) is 1.23. The summed E-state index contributed by atoms with van der Waals surface area (Å²) in [6.07, 6.45) is 0. The number of para-hydroxylation sites is 1. The van der Waals surface area contributed by atoms with Crippen molar-refractivity contribution in [3.8, 4) is 16.9 Å². The van der Waals surface area contributed by atoms with Crippen molar-refractivity contribution in [2.45, 2.75) is 6.92 Å². The molecule has 0 heterocycles. The van der Waals surface area contributed by atoms with Crippen LogP contribution in [0.2, 0.25) is 0 Å². The summed E-state index contributed by atoms with van der Waals surface area (Å²) >= 11 is 0. The van der Waals surface area contributed by atoms with Crippen molar-refractivity contribution in [2.24, 2.45) is 0 Å². The average Bonchev–Trinajstić information content (AvgIpc) is 2.76. The molecular weight excluding hydrogens is 386 g/mol. The van der Waals surface area contributed by atoms with E-state index in [1.807, 2.05) is 42.5 Å². The van der Waals surface area contributed by atoms with Crippen molar-refractivity contribution >= 4 is 17.5 Å². The molecule has 3 rings (SSSR count). The lowest BCUT2D eigenvalue weighted by atomic mass is 10.1. The number of nitro benzene ring substituents is 1.